The van der Waals surface area contributed by atoms with E-state index in [4.69, 9.17) is 9.29 Å². The van der Waals surface area contributed by atoms with Gasteiger partial charge in [-0.3, -0.25) is 4.55 Å². The van der Waals surface area contributed by atoms with Crippen LogP contribution in [0.4, 0.5) is 0 Å². The maximum atomic E-state index is 12.1. The van der Waals surface area contributed by atoms with Crippen molar-refractivity contribution in [2.45, 2.75) is 63.6 Å². The Labute approximate surface area is 197 Å². The number of hydrogen-bond donors (Lipinski definition) is 3. The lowest BCUT2D eigenvalue weighted by Gasteiger charge is -2.29. The monoisotopic (exact) mass is 480 g/mol. The van der Waals surface area contributed by atoms with Crippen molar-refractivity contribution in [1.82, 2.24) is 0 Å². The topological polar surface area (TPSA) is 121 Å². The molecule has 0 aliphatic carbocycles. The van der Waals surface area contributed by atoms with Gasteiger partial charge in [-0.15, -0.1) is 0 Å². The zero-order valence-electron chi connectivity index (χ0n) is 19.3. The van der Waals surface area contributed by atoms with Crippen molar-refractivity contribution in [2.24, 2.45) is 11.8 Å². The fraction of sp³-hybridized carbons (Fsp3) is 0.480. The second-order valence-corrected chi connectivity index (χ2v) is 9.26. The Kier molecular flexibility index (Phi) is 13.6. The highest BCUT2D eigenvalue weighted by molar-refractivity contribution is 7.85. The van der Waals surface area contributed by atoms with Crippen LogP contribution in [0, 0.1) is 11.8 Å². The van der Waals surface area contributed by atoms with Crippen LogP contribution in [0.1, 0.15) is 62.7 Å². The van der Waals surface area contributed by atoms with Crippen LogP contribution in [-0.2, 0) is 14.9 Å². The maximum Gasteiger partial charge on any atom is 0.340 e. The summed E-state index contributed by atoms with van der Waals surface area (Å²) < 4.78 is 34.5. The van der Waals surface area contributed by atoms with Gasteiger partial charge in [0.1, 0.15) is 0 Å². The molecule has 3 N–H and O–H groups in total. The fourth-order valence-corrected chi connectivity index (χ4v) is 3.89. The number of aliphatic hydroxyl groups excluding tert-OH is 2. The molecule has 2 rings (SSSR count). The van der Waals surface area contributed by atoms with Gasteiger partial charge in [0.25, 0.3) is 10.1 Å². The molecule has 3 unspecified atom stereocenters. The van der Waals surface area contributed by atoms with E-state index >= 15 is 0 Å². The first-order chi connectivity index (χ1) is 15.7. The Morgan fingerprint density at radius 3 is 1.88 bits per heavy atom. The van der Waals surface area contributed by atoms with E-state index < -0.39 is 22.4 Å². The molecule has 7 nitrogen and oxygen atoms in total. The maximum absolute atomic E-state index is 12.1. The SMILES string of the molecule is CCCCC(CO)C(CCCC)C(O)OC(=O)c1ccccc1.O=S(=O)(O)c1ccccc1. The molecule has 0 amide bonds. The Balaban J connectivity index is 0.000000451. The third-order valence-corrected chi connectivity index (χ3v) is 6.17. The molecular formula is C25H36O7S. The van der Waals surface area contributed by atoms with Gasteiger partial charge in [-0.05, 0) is 43.0 Å². The van der Waals surface area contributed by atoms with Crippen LogP contribution in [-0.4, -0.2) is 42.0 Å². The molecule has 0 saturated carbocycles. The van der Waals surface area contributed by atoms with Crippen molar-refractivity contribution in [3.05, 3.63) is 66.2 Å². The minimum absolute atomic E-state index is 0.00826. The van der Waals surface area contributed by atoms with Crippen LogP contribution >= 0.6 is 0 Å². The normalized spacial score (nSPS) is 13.8. The molecule has 8 heteroatoms. The van der Waals surface area contributed by atoms with Crippen molar-refractivity contribution in [3.8, 4) is 0 Å². The van der Waals surface area contributed by atoms with Gasteiger partial charge in [-0.1, -0.05) is 75.9 Å². The molecule has 0 aliphatic rings. The number of hydrogen-bond acceptors (Lipinski definition) is 6. The van der Waals surface area contributed by atoms with E-state index in [9.17, 15) is 23.4 Å². The molecule has 33 heavy (non-hydrogen) atoms. The lowest BCUT2D eigenvalue weighted by Crippen LogP contribution is -2.34. The van der Waals surface area contributed by atoms with E-state index in [0.29, 0.717) is 5.56 Å². The number of rotatable bonds is 12. The summed E-state index contributed by atoms with van der Waals surface area (Å²) in [5.41, 5.74) is 0.426. The van der Waals surface area contributed by atoms with Crippen LogP contribution in [0.5, 0.6) is 0 Å². The van der Waals surface area contributed by atoms with E-state index in [-0.39, 0.29) is 23.3 Å². The molecule has 0 bridgehead atoms. The van der Waals surface area contributed by atoms with Gasteiger partial charge < -0.3 is 14.9 Å². The first-order valence-corrected chi connectivity index (χ1v) is 12.8. The number of aliphatic hydroxyl groups is 2. The van der Waals surface area contributed by atoms with Gasteiger partial charge in [0, 0.05) is 12.5 Å². The van der Waals surface area contributed by atoms with Gasteiger partial charge in [-0.25, -0.2) is 4.79 Å². The Morgan fingerprint density at radius 1 is 0.909 bits per heavy atom. The van der Waals surface area contributed by atoms with Gasteiger partial charge >= 0.3 is 5.97 Å². The number of unbranched alkanes of at least 4 members (excludes halogenated alkanes) is 2. The summed E-state index contributed by atoms with van der Waals surface area (Å²) in [5, 5.41) is 20.1. The summed E-state index contributed by atoms with van der Waals surface area (Å²) in [4.78, 5) is 12.0. The van der Waals surface area contributed by atoms with Crippen LogP contribution in [0.25, 0.3) is 0 Å². The van der Waals surface area contributed by atoms with Gasteiger partial charge in [0.15, 0.2) is 0 Å². The summed E-state index contributed by atoms with van der Waals surface area (Å²) in [5.74, 6) is -0.786. The van der Waals surface area contributed by atoms with Gasteiger partial charge in [-0.2, -0.15) is 8.42 Å². The first-order valence-electron chi connectivity index (χ1n) is 11.3. The summed E-state index contributed by atoms with van der Waals surface area (Å²) >= 11 is 0. The zero-order chi connectivity index (χ0) is 24.7. The summed E-state index contributed by atoms with van der Waals surface area (Å²) in [6.07, 6.45) is 4.37. The van der Waals surface area contributed by atoms with Crippen molar-refractivity contribution < 1.29 is 32.7 Å². The molecule has 2 aromatic carbocycles. The third kappa shape index (κ3) is 10.9. The van der Waals surface area contributed by atoms with E-state index in [1.807, 2.05) is 6.07 Å². The zero-order valence-corrected chi connectivity index (χ0v) is 20.2. The van der Waals surface area contributed by atoms with E-state index in [1.54, 1.807) is 42.5 Å². The molecule has 184 valence electrons. The first kappa shape index (κ1) is 28.8. The third-order valence-electron chi connectivity index (χ3n) is 5.30. The lowest BCUT2D eigenvalue weighted by atomic mass is 9.84. The molecule has 2 aromatic rings. The molecule has 0 aromatic heterocycles. The molecule has 3 atom stereocenters. The van der Waals surface area contributed by atoms with Crippen LogP contribution in [0.2, 0.25) is 0 Å². The quantitative estimate of drug-likeness (QED) is 0.229. The van der Waals surface area contributed by atoms with E-state index in [2.05, 4.69) is 13.8 Å². The predicted molar refractivity (Wildman–Crippen MR) is 127 cm³/mol. The highest BCUT2D eigenvalue weighted by atomic mass is 32.2. The second kappa shape index (κ2) is 15.6. The van der Waals surface area contributed by atoms with Crippen LogP contribution < -0.4 is 0 Å². The largest absolute Gasteiger partial charge is 0.432 e. The molecule has 0 radical (unpaired) electrons. The highest BCUT2D eigenvalue weighted by Crippen LogP contribution is 2.28. The van der Waals surface area contributed by atoms with E-state index in [1.165, 1.54) is 12.1 Å². The standard InChI is InChI=1S/C19H30O4.C6H6O3S/c1-3-5-10-16(14-20)17(13-6-4-2)19(22)23-18(21)15-11-8-7-9-12-15;7-10(8,9)6-4-2-1-3-5-6/h7-9,11-12,16-17,19-20,22H,3-6,10,13-14H2,1-2H3;1-5H,(H,7,8,9). The number of ether oxygens (including phenoxy) is 1. The number of esters is 1. The van der Waals surface area contributed by atoms with Crippen molar-refractivity contribution in [3.63, 3.8) is 0 Å². The van der Waals surface area contributed by atoms with Crippen molar-refractivity contribution >= 4 is 16.1 Å². The van der Waals surface area contributed by atoms with Crippen molar-refractivity contribution in [2.75, 3.05) is 6.61 Å². The van der Waals surface area contributed by atoms with Gasteiger partial charge in [0.2, 0.25) is 6.29 Å². The number of carbonyl (C=O) groups is 1. The fourth-order valence-electron chi connectivity index (χ4n) is 3.39. The Bertz CT molecular complexity index is 885. The van der Waals surface area contributed by atoms with Crippen LogP contribution in [0.15, 0.2) is 65.6 Å². The predicted octanol–water partition coefficient (Wildman–Crippen LogP) is 4.70. The molecular weight excluding hydrogens is 444 g/mol. The minimum Gasteiger partial charge on any atom is -0.432 e. The molecule has 0 saturated heterocycles. The summed E-state index contributed by atoms with van der Waals surface area (Å²) in [6.45, 7) is 4.19. The smallest absolute Gasteiger partial charge is 0.340 e. The minimum atomic E-state index is -4.00. The van der Waals surface area contributed by atoms with E-state index in [0.717, 1.165) is 38.5 Å². The Morgan fingerprint density at radius 2 is 1.42 bits per heavy atom. The lowest BCUT2D eigenvalue weighted by molar-refractivity contribution is -0.120. The average Bonchev–Trinajstić information content (AvgIpc) is 2.82. The van der Waals surface area contributed by atoms with Crippen molar-refractivity contribution in [1.29, 1.82) is 0 Å². The van der Waals surface area contributed by atoms with Crippen LogP contribution in [0.3, 0.4) is 0 Å². The van der Waals surface area contributed by atoms with Gasteiger partial charge in [0.05, 0.1) is 10.5 Å². The summed E-state index contributed by atoms with van der Waals surface area (Å²) in [7, 11) is -4.00. The molecule has 0 spiro atoms. The Hall–Kier alpha value is -2.26. The highest BCUT2D eigenvalue weighted by Gasteiger charge is 2.30. The molecule has 0 fully saturated rings. The number of carbonyl (C=O) groups excluding carboxylic acids is 1. The second-order valence-electron chi connectivity index (χ2n) is 7.84. The summed E-state index contributed by atoms with van der Waals surface area (Å²) in [6, 6.07) is 16.1. The average molecular weight is 481 g/mol. The number of benzene rings is 2. The molecule has 0 heterocycles. The molecule has 0 aliphatic heterocycles.